The maximum atomic E-state index is 13.8. The first-order valence-electron chi connectivity index (χ1n) is 13.5. The van der Waals surface area contributed by atoms with E-state index in [9.17, 15) is 14.7 Å². The molecule has 0 spiro atoms. The zero-order valence-corrected chi connectivity index (χ0v) is 23.6. The number of aromatic nitrogens is 4. The van der Waals surface area contributed by atoms with E-state index in [4.69, 9.17) is 9.72 Å². The summed E-state index contributed by atoms with van der Waals surface area (Å²) in [4.78, 5) is 31.7. The third-order valence-electron chi connectivity index (χ3n) is 7.51. The molecule has 2 aromatic heterocycles. The van der Waals surface area contributed by atoms with Crippen molar-refractivity contribution in [1.82, 2.24) is 19.2 Å². The lowest BCUT2D eigenvalue weighted by Crippen LogP contribution is -2.29. The van der Waals surface area contributed by atoms with Crippen molar-refractivity contribution in [2.75, 3.05) is 12.4 Å². The quantitative estimate of drug-likeness (QED) is 0.353. The summed E-state index contributed by atoms with van der Waals surface area (Å²) in [7, 11) is 1.70. The lowest BCUT2D eigenvalue weighted by Gasteiger charge is -2.22. The smallest absolute Gasteiger partial charge is 0.283 e. The van der Waals surface area contributed by atoms with Crippen molar-refractivity contribution in [3.05, 3.63) is 87.3 Å². The SMILES string of the molecule is COC1CC=C(c2c(C)n(CC(=O)Nc3ccc(C)cc3)c3nc(-c4ccc(C(C)(C)O)cc4)nn3c2=O)CC1. The number of hydrogen-bond acceptors (Lipinski definition) is 6. The van der Waals surface area contributed by atoms with E-state index in [0.717, 1.165) is 23.1 Å². The number of hydrogen-bond donors (Lipinski definition) is 2. The Morgan fingerprint density at radius 3 is 2.42 bits per heavy atom. The summed E-state index contributed by atoms with van der Waals surface area (Å²) >= 11 is 0. The molecule has 4 aromatic rings. The van der Waals surface area contributed by atoms with Gasteiger partial charge in [-0.2, -0.15) is 9.50 Å². The van der Waals surface area contributed by atoms with Crippen LogP contribution < -0.4 is 10.9 Å². The number of fused-ring (bicyclic) bond motifs is 1. The van der Waals surface area contributed by atoms with Gasteiger partial charge in [0.1, 0.15) is 6.54 Å². The number of allylic oxidation sites excluding steroid dienone is 1. The van der Waals surface area contributed by atoms with Crippen LogP contribution in [-0.2, 0) is 21.7 Å². The molecule has 1 aliphatic rings. The van der Waals surface area contributed by atoms with Gasteiger partial charge in [-0.05, 0) is 70.2 Å². The van der Waals surface area contributed by atoms with Gasteiger partial charge in [0.2, 0.25) is 11.7 Å². The molecule has 9 nitrogen and oxygen atoms in total. The highest BCUT2D eigenvalue weighted by molar-refractivity contribution is 5.91. The van der Waals surface area contributed by atoms with Crippen LogP contribution in [0.4, 0.5) is 5.69 Å². The zero-order chi connectivity index (χ0) is 28.6. The summed E-state index contributed by atoms with van der Waals surface area (Å²) in [5.74, 6) is 0.415. The Morgan fingerprint density at radius 2 is 1.82 bits per heavy atom. The Morgan fingerprint density at radius 1 is 1.12 bits per heavy atom. The van der Waals surface area contributed by atoms with Crippen LogP contribution in [0.25, 0.3) is 22.7 Å². The summed E-state index contributed by atoms with van der Waals surface area (Å²) in [5, 5.41) is 17.9. The van der Waals surface area contributed by atoms with E-state index in [-0.39, 0.29) is 29.9 Å². The van der Waals surface area contributed by atoms with E-state index in [2.05, 4.69) is 16.5 Å². The van der Waals surface area contributed by atoms with Crippen LogP contribution in [0.3, 0.4) is 0 Å². The average Bonchev–Trinajstić information content (AvgIpc) is 3.38. The second-order valence-corrected chi connectivity index (χ2v) is 10.9. The molecule has 0 bridgehead atoms. The zero-order valence-electron chi connectivity index (χ0n) is 23.6. The van der Waals surface area contributed by atoms with Gasteiger partial charge in [0, 0.05) is 24.1 Å². The maximum absolute atomic E-state index is 13.8. The molecule has 1 amide bonds. The van der Waals surface area contributed by atoms with E-state index in [0.29, 0.717) is 41.2 Å². The van der Waals surface area contributed by atoms with Crippen LogP contribution >= 0.6 is 0 Å². The summed E-state index contributed by atoms with van der Waals surface area (Å²) in [6.07, 6.45) is 4.39. The van der Waals surface area contributed by atoms with Crippen molar-refractivity contribution in [3.8, 4) is 11.4 Å². The molecule has 1 unspecified atom stereocenters. The number of anilines is 1. The number of ether oxygens (including phenoxy) is 1. The maximum Gasteiger partial charge on any atom is 0.283 e. The van der Waals surface area contributed by atoms with Gasteiger partial charge in [-0.3, -0.25) is 9.59 Å². The van der Waals surface area contributed by atoms with Crippen LogP contribution in [0.15, 0.2) is 59.4 Å². The third-order valence-corrected chi connectivity index (χ3v) is 7.51. The fraction of sp³-hybridized carbons (Fsp3) is 0.355. The van der Waals surface area contributed by atoms with Gasteiger partial charge in [0.05, 0.1) is 17.3 Å². The molecule has 1 aliphatic carbocycles. The Balaban J connectivity index is 1.60. The molecule has 2 aromatic carbocycles. The average molecular weight is 542 g/mol. The Labute approximate surface area is 233 Å². The first-order valence-corrected chi connectivity index (χ1v) is 13.5. The van der Waals surface area contributed by atoms with Gasteiger partial charge < -0.3 is 19.7 Å². The van der Waals surface area contributed by atoms with Crippen molar-refractivity contribution in [3.63, 3.8) is 0 Å². The fourth-order valence-electron chi connectivity index (χ4n) is 5.10. The number of benzene rings is 2. The molecule has 0 radical (unpaired) electrons. The molecule has 5 rings (SSSR count). The topological polar surface area (TPSA) is 111 Å². The van der Waals surface area contributed by atoms with Gasteiger partial charge in [0.15, 0.2) is 5.82 Å². The lowest BCUT2D eigenvalue weighted by molar-refractivity contribution is -0.116. The highest BCUT2D eigenvalue weighted by Crippen LogP contribution is 2.29. The molecule has 1 atom stereocenters. The van der Waals surface area contributed by atoms with E-state index in [1.165, 1.54) is 4.52 Å². The van der Waals surface area contributed by atoms with E-state index >= 15 is 0 Å². The number of methoxy groups -OCH3 is 1. The summed E-state index contributed by atoms with van der Waals surface area (Å²) in [5.41, 5.74) is 4.13. The first-order chi connectivity index (χ1) is 19.0. The van der Waals surface area contributed by atoms with Gasteiger partial charge in [-0.1, -0.05) is 48.0 Å². The molecular formula is C31H35N5O4. The Hall–Kier alpha value is -4.08. The summed E-state index contributed by atoms with van der Waals surface area (Å²) in [6, 6.07) is 14.9. The number of aliphatic hydroxyl groups is 1. The summed E-state index contributed by atoms with van der Waals surface area (Å²) in [6.45, 7) is 7.24. The lowest BCUT2D eigenvalue weighted by atomic mass is 9.92. The first kappa shape index (κ1) is 27.5. The molecule has 0 saturated carbocycles. The largest absolute Gasteiger partial charge is 0.386 e. The van der Waals surface area contributed by atoms with Crippen molar-refractivity contribution < 1.29 is 14.6 Å². The minimum Gasteiger partial charge on any atom is -0.386 e. The molecule has 9 heteroatoms. The summed E-state index contributed by atoms with van der Waals surface area (Å²) < 4.78 is 8.55. The minimum absolute atomic E-state index is 0.0414. The monoisotopic (exact) mass is 541 g/mol. The molecule has 0 fully saturated rings. The number of nitrogens with one attached hydrogen (secondary N) is 1. The van der Waals surface area contributed by atoms with E-state index in [1.54, 1.807) is 25.5 Å². The second kappa shape index (κ2) is 10.8. The number of amides is 1. The van der Waals surface area contributed by atoms with Crippen molar-refractivity contribution in [2.45, 2.75) is 65.2 Å². The van der Waals surface area contributed by atoms with Crippen molar-refractivity contribution in [1.29, 1.82) is 0 Å². The van der Waals surface area contributed by atoms with Crippen LogP contribution in [-0.4, -0.2) is 43.4 Å². The highest BCUT2D eigenvalue weighted by Gasteiger charge is 2.25. The highest BCUT2D eigenvalue weighted by atomic mass is 16.5. The number of carbonyl (C=O) groups excluding carboxylic acids is 1. The molecule has 0 aliphatic heterocycles. The molecule has 0 saturated heterocycles. The molecule has 2 N–H and O–H groups in total. The van der Waals surface area contributed by atoms with Crippen LogP contribution in [0.1, 0.15) is 55.5 Å². The van der Waals surface area contributed by atoms with Gasteiger partial charge >= 0.3 is 0 Å². The van der Waals surface area contributed by atoms with E-state index < -0.39 is 5.60 Å². The molecular weight excluding hydrogens is 506 g/mol. The standard InChI is InChI=1S/C31H35N5O4/c1-19-6-14-24(15-7-19)32-26(37)18-35-20(2)27(21-10-16-25(40-5)17-11-21)29(38)36-30(35)33-28(34-36)22-8-12-23(13-9-22)31(3,4)39/h6-10,12-15,25,39H,11,16-18H2,1-5H3,(H,32,37). The van der Waals surface area contributed by atoms with Crippen molar-refractivity contribution in [2.24, 2.45) is 0 Å². The van der Waals surface area contributed by atoms with Gasteiger partial charge in [-0.25, -0.2) is 0 Å². The third kappa shape index (κ3) is 5.48. The second-order valence-electron chi connectivity index (χ2n) is 10.9. The van der Waals surface area contributed by atoms with Gasteiger partial charge in [0.25, 0.3) is 5.56 Å². The molecule has 208 valence electrons. The minimum atomic E-state index is -0.984. The molecule has 40 heavy (non-hydrogen) atoms. The van der Waals surface area contributed by atoms with Crippen LogP contribution in [0.5, 0.6) is 0 Å². The molecule has 2 heterocycles. The Bertz CT molecular complexity index is 1640. The normalized spacial score (nSPS) is 15.8. The van der Waals surface area contributed by atoms with Crippen LogP contribution in [0, 0.1) is 13.8 Å². The van der Waals surface area contributed by atoms with Crippen molar-refractivity contribution >= 4 is 22.9 Å². The van der Waals surface area contributed by atoms with Crippen LogP contribution in [0.2, 0.25) is 0 Å². The number of nitrogens with zero attached hydrogens (tertiary/aromatic N) is 4. The predicted octanol–water partition coefficient (Wildman–Crippen LogP) is 4.62. The number of rotatable bonds is 7. The fourth-order valence-corrected chi connectivity index (χ4v) is 5.10. The number of carbonyl (C=O) groups is 1. The van der Waals surface area contributed by atoms with E-state index in [1.807, 2.05) is 62.4 Å². The predicted molar refractivity (Wildman–Crippen MR) is 155 cm³/mol. The van der Waals surface area contributed by atoms with Gasteiger partial charge in [-0.15, -0.1) is 5.10 Å². The number of aryl methyl sites for hydroxylation is 1. The Kier molecular flexibility index (Phi) is 7.44.